The number of benzene rings is 1. The van der Waals surface area contributed by atoms with Crippen molar-refractivity contribution >= 4 is 23.2 Å². The average Bonchev–Trinajstić information content (AvgIpc) is 2.41. The highest BCUT2D eigenvalue weighted by atomic mass is 16.2. The molecule has 0 aliphatic heterocycles. The molecule has 0 radical (unpaired) electrons. The summed E-state index contributed by atoms with van der Waals surface area (Å²) >= 11 is 0. The monoisotopic (exact) mass is 277 g/mol. The first kappa shape index (κ1) is 16.0. The van der Waals surface area contributed by atoms with Gasteiger partial charge in [-0.05, 0) is 24.6 Å². The van der Waals surface area contributed by atoms with E-state index in [1.54, 1.807) is 11.0 Å². The van der Waals surface area contributed by atoms with Crippen LogP contribution in [0.3, 0.4) is 0 Å². The predicted octanol–water partition coefficient (Wildman–Crippen LogP) is 2.32. The summed E-state index contributed by atoms with van der Waals surface area (Å²) in [6.07, 6.45) is 2.09. The molecular formula is C15H23N3O2. The topological polar surface area (TPSA) is 61.4 Å². The van der Waals surface area contributed by atoms with Crippen LogP contribution in [-0.4, -0.2) is 36.9 Å². The second kappa shape index (κ2) is 8.19. The Morgan fingerprint density at radius 1 is 1.25 bits per heavy atom. The Hall–Kier alpha value is -2.04. The van der Waals surface area contributed by atoms with Crippen molar-refractivity contribution in [2.45, 2.75) is 26.7 Å². The lowest BCUT2D eigenvalue weighted by Gasteiger charge is -2.17. The number of hydrogen-bond donors (Lipinski definition) is 2. The standard InChI is InChI=1S/C15H23N3O2/c1-4-5-9-18(3)15(20)11-16-13-7-6-8-14(10-13)17-12(2)19/h6-8,10,16H,4-5,9,11H2,1-3H3,(H,17,19). The molecule has 2 N–H and O–H groups in total. The molecule has 0 saturated heterocycles. The van der Waals surface area contributed by atoms with E-state index in [9.17, 15) is 9.59 Å². The van der Waals surface area contributed by atoms with Crippen molar-refractivity contribution in [2.75, 3.05) is 30.8 Å². The normalized spacial score (nSPS) is 9.95. The van der Waals surface area contributed by atoms with E-state index >= 15 is 0 Å². The van der Waals surface area contributed by atoms with E-state index in [0.717, 1.165) is 25.1 Å². The Bertz CT molecular complexity index is 460. The highest BCUT2D eigenvalue weighted by Crippen LogP contribution is 2.14. The van der Waals surface area contributed by atoms with E-state index in [4.69, 9.17) is 0 Å². The zero-order valence-electron chi connectivity index (χ0n) is 12.4. The number of unbranched alkanes of at least 4 members (excludes halogenated alkanes) is 1. The third-order valence-electron chi connectivity index (χ3n) is 2.90. The van der Waals surface area contributed by atoms with Gasteiger partial charge in [-0.15, -0.1) is 0 Å². The number of carbonyl (C=O) groups excluding carboxylic acids is 2. The van der Waals surface area contributed by atoms with E-state index in [0.29, 0.717) is 5.69 Å². The smallest absolute Gasteiger partial charge is 0.241 e. The summed E-state index contributed by atoms with van der Waals surface area (Å²) in [6, 6.07) is 7.31. The van der Waals surface area contributed by atoms with E-state index in [1.807, 2.05) is 25.2 Å². The van der Waals surface area contributed by atoms with Crippen molar-refractivity contribution in [3.05, 3.63) is 24.3 Å². The number of rotatable bonds is 7. The lowest BCUT2D eigenvalue weighted by atomic mass is 10.2. The minimum Gasteiger partial charge on any atom is -0.376 e. The van der Waals surface area contributed by atoms with Gasteiger partial charge in [-0.25, -0.2) is 0 Å². The van der Waals surface area contributed by atoms with Gasteiger partial charge in [0.05, 0.1) is 6.54 Å². The van der Waals surface area contributed by atoms with E-state index < -0.39 is 0 Å². The molecule has 5 heteroatoms. The molecular weight excluding hydrogens is 254 g/mol. The lowest BCUT2D eigenvalue weighted by molar-refractivity contribution is -0.128. The molecule has 0 aromatic heterocycles. The Balaban J connectivity index is 2.48. The van der Waals surface area contributed by atoms with Gasteiger partial charge < -0.3 is 15.5 Å². The zero-order chi connectivity index (χ0) is 15.0. The van der Waals surface area contributed by atoms with Crippen LogP contribution in [-0.2, 0) is 9.59 Å². The maximum atomic E-state index is 11.9. The van der Waals surface area contributed by atoms with Crippen molar-refractivity contribution in [1.29, 1.82) is 0 Å². The minimum atomic E-state index is -0.113. The van der Waals surface area contributed by atoms with Gasteiger partial charge in [-0.1, -0.05) is 19.4 Å². The number of anilines is 2. The molecule has 0 saturated carbocycles. The Morgan fingerprint density at radius 2 is 1.95 bits per heavy atom. The van der Waals surface area contributed by atoms with Gasteiger partial charge >= 0.3 is 0 Å². The van der Waals surface area contributed by atoms with Crippen molar-refractivity contribution in [3.8, 4) is 0 Å². The van der Waals surface area contributed by atoms with Gasteiger partial charge in [0.25, 0.3) is 0 Å². The molecule has 0 bridgehead atoms. The van der Waals surface area contributed by atoms with E-state index in [2.05, 4.69) is 17.6 Å². The van der Waals surface area contributed by atoms with Gasteiger partial charge in [0, 0.05) is 31.9 Å². The van der Waals surface area contributed by atoms with Crippen LogP contribution in [0.25, 0.3) is 0 Å². The number of likely N-dealkylation sites (N-methyl/N-ethyl adjacent to an activating group) is 1. The first-order valence-corrected chi connectivity index (χ1v) is 6.88. The maximum absolute atomic E-state index is 11.9. The molecule has 1 aromatic carbocycles. The van der Waals surface area contributed by atoms with Crippen LogP contribution in [0.2, 0.25) is 0 Å². The fourth-order valence-corrected chi connectivity index (χ4v) is 1.74. The van der Waals surface area contributed by atoms with E-state index in [1.165, 1.54) is 6.92 Å². The van der Waals surface area contributed by atoms with Gasteiger partial charge in [0.2, 0.25) is 11.8 Å². The molecule has 20 heavy (non-hydrogen) atoms. The Kier molecular flexibility index (Phi) is 6.56. The minimum absolute atomic E-state index is 0.0587. The van der Waals surface area contributed by atoms with Gasteiger partial charge in [-0.3, -0.25) is 9.59 Å². The number of nitrogens with one attached hydrogen (secondary N) is 2. The molecule has 0 aliphatic rings. The van der Waals surface area contributed by atoms with Gasteiger partial charge in [0.15, 0.2) is 0 Å². The molecule has 0 atom stereocenters. The molecule has 0 spiro atoms. The first-order chi connectivity index (χ1) is 9.52. The molecule has 110 valence electrons. The van der Waals surface area contributed by atoms with Crippen molar-refractivity contribution < 1.29 is 9.59 Å². The van der Waals surface area contributed by atoms with Crippen LogP contribution in [0.1, 0.15) is 26.7 Å². The summed E-state index contributed by atoms with van der Waals surface area (Å²) < 4.78 is 0. The molecule has 0 aliphatic carbocycles. The summed E-state index contributed by atoms with van der Waals surface area (Å²) in [5.74, 6) is -0.0547. The summed E-state index contributed by atoms with van der Waals surface area (Å²) in [5, 5.41) is 5.78. The highest BCUT2D eigenvalue weighted by molar-refractivity contribution is 5.89. The molecule has 5 nitrogen and oxygen atoms in total. The van der Waals surface area contributed by atoms with Crippen molar-refractivity contribution in [3.63, 3.8) is 0 Å². The molecule has 0 heterocycles. The van der Waals surface area contributed by atoms with Crippen LogP contribution in [0.15, 0.2) is 24.3 Å². The Labute approximate surface area is 120 Å². The molecule has 1 aromatic rings. The number of nitrogens with zero attached hydrogens (tertiary/aromatic N) is 1. The summed E-state index contributed by atoms with van der Waals surface area (Å²) in [6.45, 7) is 4.60. The maximum Gasteiger partial charge on any atom is 0.241 e. The number of amides is 2. The predicted molar refractivity (Wildman–Crippen MR) is 81.8 cm³/mol. The quantitative estimate of drug-likeness (QED) is 0.804. The average molecular weight is 277 g/mol. The van der Waals surface area contributed by atoms with Crippen molar-refractivity contribution in [2.24, 2.45) is 0 Å². The van der Waals surface area contributed by atoms with Gasteiger partial charge in [-0.2, -0.15) is 0 Å². The zero-order valence-corrected chi connectivity index (χ0v) is 12.4. The third kappa shape index (κ3) is 5.73. The largest absolute Gasteiger partial charge is 0.376 e. The fourth-order valence-electron chi connectivity index (χ4n) is 1.74. The second-order valence-corrected chi connectivity index (χ2v) is 4.78. The van der Waals surface area contributed by atoms with Crippen LogP contribution in [0, 0.1) is 0 Å². The van der Waals surface area contributed by atoms with Crippen LogP contribution in [0.4, 0.5) is 11.4 Å². The highest BCUT2D eigenvalue weighted by Gasteiger charge is 2.07. The van der Waals surface area contributed by atoms with Crippen molar-refractivity contribution in [1.82, 2.24) is 4.90 Å². The summed E-state index contributed by atoms with van der Waals surface area (Å²) in [7, 11) is 1.81. The van der Waals surface area contributed by atoms with Crippen LogP contribution in [0.5, 0.6) is 0 Å². The third-order valence-corrected chi connectivity index (χ3v) is 2.90. The second-order valence-electron chi connectivity index (χ2n) is 4.78. The van der Waals surface area contributed by atoms with Crippen LogP contribution >= 0.6 is 0 Å². The first-order valence-electron chi connectivity index (χ1n) is 6.88. The summed E-state index contributed by atoms with van der Waals surface area (Å²) in [4.78, 5) is 24.6. The number of carbonyl (C=O) groups is 2. The molecule has 0 unspecified atom stereocenters. The Morgan fingerprint density at radius 3 is 2.60 bits per heavy atom. The van der Waals surface area contributed by atoms with Crippen LogP contribution < -0.4 is 10.6 Å². The SMILES string of the molecule is CCCCN(C)C(=O)CNc1cccc(NC(C)=O)c1. The van der Waals surface area contributed by atoms with E-state index in [-0.39, 0.29) is 18.4 Å². The molecule has 2 amide bonds. The lowest BCUT2D eigenvalue weighted by Crippen LogP contribution is -2.32. The number of hydrogen-bond acceptors (Lipinski definition) is 3. The molecule has 1 rings (SSSR count). The molecule has 0 fully saturated rings. The summed E-state index contributed by atoms with van der Waals surface area (Å²) in [5.41, 5.74) is 1.53. The van der Waals surface area contributed by atoms with Gasteiger partial charge in [0.1, 0.15) is 0 Å². The fraction of sp³-hybridized carbons (Fsp3) is 0.467.